The first-order chi connectivity index (χ1) is 10.4. The number of anilines is 1. The maximum Gasteiger partial charge on any atom is 0.265 e. The second kappa shape index (κ2) is 5.19. The number of carbonyl (C=O) groups is 2. The van der Waals surface area contributed by atoms with Crippen molar-refractivity contribution in [1.29, 1.82) is 0 Å². The van der Waals surface area contributed by atoms with Gasteiger partial charge in [0.15, 0.2) is 0 Å². The first-order valence-corrected chi connectivity index (χ1v) is 7.79. The number of amides is 2. The normalized spacial score (nSPS) is 15.9. The number of imide groups is 1. The molecule has 1 aromatic carbocycles. The van der Waals surface area contributed by atoms with Gasteiger partial charge in [0.05, 0.1) is 5.69 Å². The monoisotopic (exact) mass is 311 g/mol. The van der Waals surface area contributed by atoms with E-state index in [-0.39, 0.29) is 28.4 Å². The predicted molar refractivity (Wildman–Crippen MR) is 94.9 cm³/mol. The molecule has 0 atom stereocenters. The Morgan fingerprint density at radius 2 is 1.09 bits per heavy atom. The average molecular weight is 311 g/mol. The second-order valence-corrected chi connectivity index (χ2v) is 7.38. The molecule has 3 nitrogen and oxygen atoms in total. The minimum Gasteiger partial charge on any atom is -0.268 e. The molecule has 3 heteroatoms. The van der Waals surface area contributed by atoms with E-state index in [1.165, 1.54) is 10.5 Å². The molecule has 122 valence electrons. The van der Waals surface area contributed by atoms with Gasteiger partial charge < -0.3 is 0 Å². The van der Waals surface area contributed by atoms with E-state index in [2.05, 4.69) is 47.8 Å². The van der Waals surface area contributed by atoms with Crippen LogP contribution in [0.25, 0.3) is 0 Å². The molecule has 0 bridgehead atoms. The molecule has 0 aliphatic carbocycles. The van der Waals surface area contributed by atoms with Crippen LogP contribution in [0.4, 0.5) is 5.69 Å². The summed E-state index contributed by atoms with van der Waals surface area (Å²) in [6, 6.07) is 0. The molecular formula is C20H25NO2. The van der Waals surface area contributed by atoms with Crippen molar-refractivity contribution in [2.75, 3.05) is 4.90 Å². The molecular weight excluding hydrogens is 286 g/mol. The summed E-state index contributed by atoms with van der Waals surface area (Å²) in [5.74, 6) is -0.734. The Morgan fingerprint density at radius 3 is 1.39 bits per heavy atom. The predicted octanol–water partition coefficient (Wildman–Crippen LogP) is 4.20. The fourth-order valence-electron chi connectivity index (χ4n) is 3.58. The van der Waals surface area contributed by atoms with Crippen LogP contribution in [-0.2, 0) is 15.0 Å². The van der Waals surface area contributed by atoms with Gasteiger partial charge in [0.2, 0.25) is 0 Å². The summed E-state index contributed by atoms with van der Waals surface area (Å²) in [5, 5.41) is 0. The molecule has 0 N–H and O–H groups in total. The molecule has 1 fully saturated rings. The van der Waals surface area contributed by atoms with Crippen molar-refractivity contribution in [3.63, 3.8) is 0 Å². The van der Waals surface area contributed by atoms with E-state index < -0.39 is 0 Å². The number of benzene rings is 1. The highest BCUT2D eigenvalue weighted by Crippen LogP contribution is 2.41. The van der Waals surface area contributed by atoms with Crippen LogP contribution in [0, 0.1) is 27.7 Å². The van der Waals surface area contributed by atoms with Gasteiger partial charge in [0, 0.05) is 11.1 Å². The molecule has 1 heterocycles. The molecule has 1 aromatic rings. The minimum atomic E-state index is -0.367. The van der Waals surface area contributed by atoms with Crippen molar-refractivity contribution in [2.45, 2.75) is 53.9 Å². The number of rotatable bonds is 1. The fourth-order valence-corrected chi connectivity index (χ4v) is 3.58. The van der Waals surface area contributed by atoms with E-state index in [4.69, 9.17) is 0 Å². The summed E-state index contributed by atoms with van der Waals surface area (Å²) < 4.78 is 0. The Bertz CT molecular complexity index is 721. The first-order valence-electron chi connectivity index (χ1n) is 7.79. The molecule has 1 aliphatic heterocycles. The highest BCUT2D eigenvalue weighted by molar-refractivity contribution is 6.37. The molecule has 0 spiro atoms. The zero-order valence-corrected chi connectivity index (χ0v) is 15.2. The lowest BCUT2D eigenvalue weighted by Gasteiger charge is -2.30. The van der Waals surface area contributed by atoms with Gasteiger partial charge in [-0.1, -0.05) is 33.9 Å². The Hall–Kier alpha value is -2.16. The summed E-state index contributed by atoms with van der Waals surface area (Å²) in [7, 11) is 0. The van der Waals surface area contributed by atoms with Crippen LogP contribution in [0.1, 0.15) is 48.6 Å². The Labute approximate surface area is 138 Å². The SMILES string of the molecule is C=C1C(=C)C(=O)N(c2c(C)c(C)c(C(C)(C)C)c(C)c2C)C1=O. The van der Waals surface area contributed by atoms with Crippen molar-refractivity contribution < 1.29 is 9.59 Å². The zero-order valence-electron chi connectivity index (χ0n) is 15.2. The summed E-state index contributed by atoms with van der Waals surface area (Å²) >= 11 is 0. The van der Waals surface area contributed by atoms with Crippen LogP contribution in [0.3, 0.4) is 0 Å². The standard InChI is InChI=1S/C20H25NO2/c1-10-12(3)17(13(4)11(2)16(10)20(7,8)9)21-18(22)14(5)15(6)19(21)23/h5-6H2,1-4,7-9H3. The molecule has 1 aliphatic rings. The quantitative estimate of drug-likeness (QED) is 0.575. The highest BCUT2D eigenvalue weighted by Gasteiger charge is 2.40. The topological polar surface area (TPSA) is 37.4 Å². The van der Waals surface area contributed by atoms with Gasteiger partial charge in [-0.3, -0.25) is 9.59 Å². The third-order valence-electron chi connectivity index (χ3n) is 4.85. The summed E-state index contributed by atoms with van der Waals surface area (Å²) in [6.07, 6.45) is 0. The maximum absolute atomic E-state index is 12.5. The van der Waals surface area contributed by atoms with Crippen molar-refractivity contribution in [1.82, 2.24) is 0 Å². The summed E-state index contributed by atoms with van der Waals surface area (Å²) in [5.41, 5.74) is 6.49. The largest absolute Gasteiger partial charge is 0.268 e. The van der Waals surface area contributed by atoms with Gasteiger partial charge in [-0.2, -0.15) is 0 Å². The van der Waals surface area contributed by atoms with Gasteiger partial charge >= 0.3 is 0 Å². The molecule has 1 saturated heterocycles. The van der Waals surface area contributed by atoms with E-state index in [0.29, 0.717) is 5.69 Å². The molecule has 0 unspecified atom stereocenters. The average Bonchev–Trinajstić information content (AvgIpc) is 2.62. The van der Waals surface area contributed by atoms with Gasteiger partial charge in [-0.15, -0.1) is 0 Å². The van der Waals surface area contributed by atoms with Gasteiger partial charge in [0.1, 0.15) is 0 Å². The Balaban J connectivity index is 2.82. The molecule has 2 rings (SSSR count). The number of hydrogen-bond acceptors (Lipinski definition) is 2. The van der Waals surface area contributed by atoms with E-state index in [1.807, 2.05) is 13.8 Å². The van der Waals surface area contributed by atoms with Crippen LogP contribution >= 0.6 is 0 Å². The van der Waals surface area contributed by atoms with Crippen LogP contribution in [0.2, 0.25) is 0 Å². The van der Waals surface area contributed by atoms with Gasteiger partial charge in [0.25, 0.3) is 11.8 Å². The Morgan fingerprint density at radius 1 is 0.739 bits per heavy atom. The summed E-state index contributed by atoms with van der Waals surface area (Å²) in [4.78, 5) is 26.2. The van der Waals surface area contributed by atoms with Gasteiger partial charge in [-0.05, 0) is 60.9 Å². The van der Waals surface area contributed by atoms with E-state index in [0.717, 1.165) is 22.3 Å². The molecule has 0 aromatic heterocycles. The highest BCUT2D eigenvalue weighted by atomic mass is 16.2. The van der Waals surface area contributed by atoms with Crippen molar-refractivity contribution >= 4 is 17.5 Å². The van der Waals surface area contributed by atoms with Crippen molar-refractivity contribution in [3.05, 3.63) is 52.1 Å². The second-order valence-electron chi connectivity index (χ2n) is 7.38. The smallest absolute Gasteiger partial charge is 0.265 e. The number of nitrogens with zero attached hydrogens (tertiary/aromatic N) is 1. The third-order valence-corrected chi connectivity index (χ3v) is 4.85. The van der Waals surface area contributed by atoms with Crippen LogP contribution in [0.5, 0.6) is 0 Å². The maximum atomic E-state index is 12.5. The Kier molecular flexibility index (Phi) is 3.88. The van der Waals surface area contributed by atoms with Crippen LogP contribution in [-0.4, -0.2) is 11.8 Å². The summed E-state index contributed by atoms with van der Waals surface area (Å²) in [6.45, 7) is 22.0. The van der Waals surface area contributed by atoms with Gasteiger partial charge in [-0.25, -0.2) is 4.90 Å². The molecule has 0 saturated carbocycles. The lowest BCUT2D eigenvalue weighted by molar-refractivity contribution is -0.119. The van der Waals surface area contributed by atoms with E-state index >= 15 is 0 Å². The van der Waals surface area contributed by atoms with Crippen molar-refractivity contribution in [3.8, 4) is 0 Å². The van der Waals surface area contributed by atoms with E-state index in [1.54, 1.807) is 0 Å². The van der Waals surface area contributed by atoms with Crippen LogP contribution in [0.15, 0.2) is 24.3 Å². The van der Waals surface area contributed by atoms with E-state index in [9.17, 15) is 9.59 Å². The third kappa shape index (κ3) is 2.35. The lowest BCUT2D eigenvalue weighted by Crippen LogP contribution is -2.32. The lowest BCUT2D eigenvalue weighted by atomic mass is 9.77. The molecule has 2 amide bonds. The number of carbonyl (C=O) groups excluding carboxylic acids is 2. The number of hydrogen-bond donors (Lipinski definition) is 0. The fraction of sp³-hybridized carbons (Fsp3) is 0.400. The minimum absolute atomic E-state index is 0.00552. The molecule has 0 radical (unpaired) electrons. The van der Waals surface area contributed by atoms with Crippen molar-refractivity contribution in [2.24, 2.45) is 0 Å². The van der Waals surface area contributed by atoms with Crippen LogP contribution < -0.4 is 4.90 Å². The zero-order chi connectivity index (χ0) is 17.9. The molecule has 23 heavy (non-hydrogen) atoms. The first kappa shape index (κ1) is 17.2.